The normalized spacial score (nSPS) is 46.8. The van der Waals surface area contributed by atoms with Gasteiger partial charge in [0.15, 0.2) is 0 Å². The van der Waals surface area contributed by atoms with Crippen LogP contribution in [0.5, 0.6) is 0 Å². The van der Waals surface area contributed by atoms with Crippen LogP contribution in [0.2, 0.25) is 0 Å². The number of hydrogen-bond donors (Lipinski definition) is 2. The van der Waals surface area contributed by atoms with Gasteiger partial charge in [-0.1, -0.05) is 0 Å². The van der Waals surface area contributed by atoms with E-state index in [2.05, 4.69) is 17.1 Å². The minimum Gasteiger partial charge on any atom is -0.393 e. The van der Waals surface area contributed by atoms with Crippen LogP contribution in [-0.2, 0) is 0 Å². The maximum absolute atomic E-state index is 9.24. The Morgan fingerprint density at radius 1 is 1.13 bits per heavy atom. The predicted molar refractivity (Wildman–Crippen MR) is 59.8 cm³/mol. The van der Waals surface area contributed by atoms with Crippen LogP contribution in [-0.4, -0.2) is 46.8 Å². The van der Waals surface area contributed by atoms with Crippen LogP contribution in [0, 0.1) is 0 Å². The van der Waals surface area contributed by atoms with Crippen LogP contribution in [0.4, 0.5) is 0 Å². The van der Waals surface area contributed by atoms with E-state index in [1.807, 2.05) is 0 Å². The number of rotatable bonds is 3. The van der Waals surface area contributed by atoms with Gasteiger partial charge in [-0.15, -0.1) is 0 Å². The first-order valence-corrected chi connectivity index (χ1v) is 6.42. The number of aliphatic hydroxyl groups excluding tert-OH is 1. The van der Waals surface area contributed by atoms with Crippen molar-refractivity contribution >= 4 is 0 Å². The van der Waals surface area contributed by atoms with E-state index in [-0.39, 0.29) is 6.10 Å². The lowest BCUT2D eigenvalue weighted by Crippen LogP contribution is -2.49. The van der Waals surface area contributed by atoms with Crippen molar-refractivity contribution in [3.63, 3.8) is 0 Å². The molecule has 2 unspecified atom stereocenters. The van der Waals surface area contributed by atoms with Crippen LogP contribution in [0.1, 0.15) is 39.0 Å². The molecule has 1 heterocycles. The van der Waals surface area contributed by atoms with E-state index in [4.69, 9.17) is 0 Å². The number of nitrogens with zero attached hydrogens (tertiary/aromatic N) is 1. The van der Waals surface area contributed by atoms with E-state index in [1.165, 1.54) is 25.8 Å². The summed E-state index contributed by atoms with van der Waals surface area (Å²) < 4.78 is 0. The van der Waals surface area contributed by atoms with Gasteiger partial charge in [0.25, 0.3) is 0 Å². The minimum atomic E-state index is -0.0270. The first kappa shape index (κ1) is 10.1. The van der Waals surface area contributed by atoms with Gasteiger partial charge < -0.3 is 10.4 Å². The van der Waals surface area contributed by atoms with Crippen LogP contribution in [0.3, 0.4) is 0 Å². The van der Waals surface area contributed by atoms with Gasteiger partial charge in [-0.25, -0.2) is 0 Å². The molecule has 1 aliphatic heterocycles. The van der Waals surface area contributed by atoms with E-state index in [1.54, 1.807) is 0 Å². The molecule has 3 aliphatic rings. The molecule has 2 N–H and O–H groups in total. The number of nitrogens with one attached hydrogen (secondary N) is 1. The Morgan fingerprint density at radius 3 is 2.47 bits per heavy atom. The van der Waals surface area contributed by atoms with Gasteiger partial charge in [0.1, 0.15) is 0 Å². The van der Waals surface area contributed by atoms with E-state index in [0.29, 0.717) is 12.1 Å². The fourth-order valence-corrected chi connectivity index (χ4v) is 3.15. The summed E-state index contributed by atoms with van der Waals surface area (Å²) >= 11 is 0. The molecule has 2 atom stereocenters. The molecular weight excluding hydrogens is 188 g/mol. The highest BCUT2D eigenvalue weighted by molar-refractivity contribution is 4.98. The fraction of sp³-hybridized carbons (Fsp3) is 1.00. The summed E-state index contributed by atoms with van der Waals surface area (Å²) in [5.74, 6) is 0. The molecule has 2 aliphatic carbocycles. The third kappa shape index (κ3) is 2.05. The number of hydrogen-bond acceptors (Lipinski definition) is 3. The van der Waals surface area contributed by atoms with Gasteiger partial charge in [0.2, 0.25) is 0 Å². The van der Waals surface area contributed by atoms with Gasteiger partial charge in [-0.05, 0) is 39.0 Å². The molecule has 0 aromatic heterocycles. The van der Waals surface area contributed by atoms with E-state index >= 15 is 0 Å². The molecule has 15 heavy (non-hydrogen) atoms. The average Bonchev–Trinajstić information content (AvgIpc) is 2.90. The Kier molecular flexibility index (Phi) is 2.49. The second kappa shape index (κ2) is 3.72. The van der Waals surface area contributed by atoms with Crippen molar-refractivity contribution in [1.82, 2.24) is 10.2 Å². The van der Waals surface area contributed by atoms with E-state index in [9.17, 15) is 5.11 Å². The molecule has 0 radical (unpaired) electrons. The van der Waals surface area contributed by atoms with Crippen LogP contribution in [0.15, 0.2) is 0 Å². The van der Waals surface area contributed by atoms with Crippen molar-refractivity contribution in [3.8, 4) is 0 Å². The van der Waals surface area contributed by atoms with Gasteiger partial charge in [-0.3, -0.25) is 4.90 Å². The quantitative estimate of drug-likeness (QED) is 0.720. The van der Waals surface area contributed by atoms with Crippen molar-refractivity contribution in [2.75, 3.05) is 6.54 Å². The molecular formula is C12H22N2O. The van der Waals surface area contributed by atoms with Crippen molar-refractivity contribution in [1.29, 1.82) is 0 Å². The largest absolute Gasteiger partial charge is 0.393 e. The van der Waals surface area contributed by atoms with E-state index < -0.39 is 0 Å². The summed E-state index contributed by atoms with van der Waals surface area (Å²) in [6.45, 7) is 3.59. The molecule has 3 rings (SSSR count). The summed E-state index contributed by atoms with van der Waals surface area (Å²) in [5.41, 5.74) is 0. The molecule has 0 amide bonds. The lowest BCUT2D eigenvalue weighted by Gasteiger charge is -2.34. The lowest BCUT2D eigenvalue weighted by atomic mass is 9.89. The first-order chi connectivity index (χ1) is 7.22. The van der Waals surface area contributed by atoms with Crippen molar-refractivity contribution < 1.29 is 5.11 Å². The number of aliphatic hydroxyl groups is 1. The van der Waals surface area contributed by atoms with Crippen molar-refractivity contribution in [2.45, 2.75) is 69.3 Å². The molecule has 3 nitrogen and oxygen atoms in total. The molecule has 3 fully saturated rings. The van der Waals surface area contributed by atoms with E-state index in [0.717, 1.165) is 24.9 Å². The maximum Gasteiger partial charge on any atom is 0.0570 e. The molecule has 0 aromatic rings. The monoisotopic (exact) mass is 210 g/mol. The Hall–Kier alpha value is -0.120. The van der Waals surface area contributed by atoms with Crippen LogP contribution in [0.25, 0.3) is 0 Å². The first-order valence-electron chi connectivity index (χ1n) is 6.42. The Labute approximate surface area is 91.8 Å². The summed E-state index contributed by atoms with van der Waals surface area (Å²) in [6.07, 6.45) is 6.03. The summed E-state index contributed by atoms with van der Waals surface area (Å²) in [4.78, 5) is 2.67. The Bertz CT molecular complexity index is 236. The molecule has 86 valence electrons. The SMILES string of the molecule is CC1CC(NC2CC(O)C2)CN1C1CC1. The zero-order valence-electron chi connectivity index (χ0n) is 9.52. The zero-order chi connectivity index (χ0) is 10.4. The molecule has 0 spiro atoms. The molecule has 1 saturated heterocycles. The van der Waals surface area contributed by atoms with Gasteiger partial charge in [0, 0.05) is 30.7 Å². The van der Waals surface area contributed by atoms with Gasteiger partial charge >= 0.3 is 0 Å². The highest BCUT2D eigenvalue weighted by Crippen LogP contribution is 2.34. The second-order valence-electron chi connectivity index (χ2n) is 5.70. The minimum absolute atomic E-state index is 0.0270. The van der Waals surface area contributed by atoms with Gasteiger partial charge in [0.05, 0.1) is 6.10 Å². The molecule has 3 heteroatoms. The summed E-state index contributed by atoms with van der Waals surface area (Å²) in [6, 6.07) is 2.94. The zero-order valence-corrected chi connectivity index (χ0v) is 9.52. The smallest absolute Gasteiger partial charge is 0.0570 e. The van der Waals surface area contributed by atoms with Crippen molar-refractivity contribution in [2.24, 2.45) is 0 Å². The standard InChI is InChI=1S/C12H22N2O/c1-8-4-10(7-14(8)11-2-3-11)13-9-5-12(15)6-9/h8-13,15H,2-7H2,1H3. The Balaban J connectivity index is 1.47. The summed E-state index contributed by atoms with van der Waals surface area (Å²) in [7, 11) is 0. The lowest BCUT2D eigenvalue weighted by molar-refractivity contribution is 0.0580. The maximum atomic E-state index is 9.24. The topological polar surface area (TPSA) is 35.5 Å². The fourth-order valence-electron chi connectivity index (χ4n) is 3.15. The highest BCUT2D eigenvalue weighted by atomic mass is 16.3. The Morgan fingerprint density at radius 2 is 1.87 bits per heavy atom. The summed E-state index contributed by atoms with van der Waals surface area (Å²) in [5, 5.41) is 12.9. The van der Waals surface area contributed by atoms with Crippen LogP contribution < -0.4 is 5.32 Å². The third-order valence-electron chi connectivity index (χ3n) is 4.22. The van der Waals surface area contributed by atoms with Crippen LogP contribution >= 0.6 is 0 Å². The number of likely N-dealkylation sites (tertiary alicyclic amines) is 1. The highest BCUT2D eigenvalue weighted by Gasteiger charge is 2.40. The molecule has 2 saturated carbocycles. The second-order valence-corrected chi connectivity index (χ2v) is 5.70. The molecule has 0 aromatic carbocycles. The predicted octanol–water partition coefficient (Wildman–Crippen LogP) is 0.724. The third-order valence-corrected chi connectivity index (χ3v) is 4.22. The molecule has 0 bridgehead atoms. The average molecular weight is 210 g/mol. The van der Waals surface area contributed by atoms with Crippen molar-refractivity contribution in [3.05, 3.63) is 0 Å². The van der Waals surface area contributed by atoms with Gasteiger partial charge in [-0.2, -0.15) is 0 Å².